The molecule has 0 saturated carbocycles. The van der Waals surface area contributed by atoms with Crippen LogP contribution in [0.5, 0.6) is 5.75 Å². The van der Waals surface area contributed by atoms with Crippen LogP contribution in [0, 0.1) is 5.82 Å². The Morgan fingerprint density at radius 1 is 1.42 bits per heavy atom. The van der Waals surface area contributed by atoms with Crippen LogP contribution in [0.15, 0.2) is 30.6 Å². The minimum absolute atomic E-state index is 0.00879. The maximum absolute atomic E-state index is 13.5. The van der Waals surface area contributed by atoms with Crippen molar-refractivity contribution in [2.75, 3.05) is 6.61 Å². The number of hydrogen-bond acceptors (Lipinski definition) is 4. The van der Waals surface area contributed by atoms with Gasteiger partial charge in [0.1, 0.15) is 0 Å². The molecule has 5 nitrogen and oxygen atoms in total. The summed E-state index contributed by atoms with van der Waals surface area (Å²) in [5.41, 5.74) is 1.18. The maximum Gasteiger partial charge on any atom is 0.488 e. The molecule has 19 heavy (non-hydrogen) atoms. The second kappa shape index (κ2) is 5.86. The minimum Gasteiger partial charge on any atom is -0.490 e. The van der Waals surface area contributed by atoms with Crippen LogP contribution in [0.2, 0.25) is 0 Å². The smallest absolute Gasteiger partial charge is 0.488 e. The summed E-state index contributed by atoms with van der Waals surface area (Å²) in [5.74, 6) is -0.523. The third-order valence-corrected chi connectivity index (χ3v) is 2.66. The lowest BCUT2D eigenvalue weighted by Crippen LogP contribution is -2.29. The molecule has 0 spiro atoms. The summed E-state index contributed by atoms with van der Waals surface area (Å²) >= 11 is 0. The van der Waals surface area contributed by atoms with Crippen molar-refractivity contribution in [1.82, 2.24) is 9.78 Å². The summed E-state index contributed by atoms with van der Waals surface area (Å²) in [4.78, 5) is 0. The molecule has 0 aliphatic carbocycles. The number of aromatic nitrogens is 2. The number of nitrogens with zero attached hydrogens (tertiary/aromatic N) is 2. The van der Waals surface area contributed by atoms with Crippen LogP contribution in [0.1, 0.15) is 5.56 Å². The van der Waals surface area contributed by atoms with Gasteiger partial charge in [-0.3, -0.25) is 4.68 Å². The average Bonchev–Trinajstić information content (AvgIpc) is 2.77. The van der Waals surface area contributed by atoms with E-state index in [1.807, 2.05) is 13.2 Å². The molecule has 0 radical (unpaired) electrons. The fourth-order valence-electron chi connectivity index (χ4n) is 1.67. The van der Waals surface area contributed by atoms with Crippen LogP contribution in [0.3, 0.4) is 0 Å². The van der Waals surface area contributed by atoms with E-state index < -0.39 is 12.9 Å². The Morgan fingerprint density at radius 2 is 2.21 bits per heavy atom. The summed E-state index contributed by atoms with van der Waals surface area (Å²) < 4.78 is 20.4. The van der Waals surface area contributed by atoms with E-state index in [0.717, 1.165) is 11.6 Å². The standard InChI is InChI=1S/C12H14BFN2O3/c1-16-8-9(7-15-16)4-5-19-12-6-10(13(17)18)2-3-11(12)14/h2-3,6-8,17-18H,4-5H2,1H3. The van der Waals surface area contributed by atoms with Gasteiger partial charge < -0.3 is 14.8 Å². The molecule has 0 amide bonds. The fraction of sp³-hybridized carbons (Fsp3) is 0.250. The van der Waals surface area contributed by atoms with Crippen LogP contribution in [0.4, 0.5) is 4.39 Å². The first-order valence-corrected chi connectivity index (χ1v) is 5.82. The lowest BCUT2D eigenvalue weighted by molar-refractivity contribution is 0.305. The van der Waals surface area contributed by atoms with E-state index in [2.05, 4.69) is 5.10 Å². The van der Waals surface area contributed by atoms with Crippen molar-refractivity contribution in [3.63, 3.8) is 0 Å². The molecule has 2 rings (SSSR count). The third kappa shape index (κ3) is 3.55. The predicted octanol–water partition coefficient (Wildman–Crippen LogP) is -0.140. The molecule has 1 aromatic heterocycles. The lowest BCUT2D eigenvalue weighted by Gasteiger charge is -2.08. The fourth-order valence-corrected chi connectivity index (χ4v) is 1.67. The molecule has 7 heteroatoms. The van der Waals surface area contributed by atoms with Crippen LogP contribution in [0.25, 0.3) is 0 Å². The second-order valence-corrected chi connectivity index (χ2v) is 4.18. The van der Waals surface area contributed by atoms with Crippen LogP contribution in [-0.4, -0.2) is 33.6 Å². The largest absolute Gasteiger partial charge is 0.490 e. The first-order chi connectivity index (χ1) is 9.06. The Kier molecular flexibility index (Phi) is 4.18. The van der Waals surface area contributed by atoms with Crippen LogP contribution >= 0.6 is 0 Å². The van der Waals surface area contributed by atoms with Gasteiger partial charge in [0.2, 0.25) is 0 Å². The Labute approximate surface area is 110 Å². The van der Waals surface area contributed by atoms with Crippen LogP contribution in [-0.2, 0) is 13.5 Å². The van der Waals surface area contributed by atoms with Gasteiger partial charge in [-0.05, 0) is 23.2 Å². The van der Waals surface area contributed by atoms with Crippen LogP contribution < -0.4 is 10.2 Å². The van der Waals surface area contributed by atoms with Gasteiger partial charge in [0.05, 0.1) is 12.8 Å². The number of hydrogen-bond donors (Lipinski definition) is 2. The number of halogens is 1. The van der Waals surface area contributed by atoms with E-state index in [9.17, 15) is 4.39 Å². The first-order valence-electron chi connectivity index (χ1n) is 5.82. The average molecular weight is 264 g/mol. The molecular weight excluding hydrogens is 250 g/mol. The van der Waals surface area contributed by atoms with Gasteiger partial charge in [-0.25, -0.2) is 4.39 Å². The Balaban J connectivity index is 1.97. The number of aryl methyl sites for hydroxylation is 1. The Bertz CT molecular complexity index is 560. The molecule has 0 unspecified atom stereocenters. The summed E-state index contributed by atoms with van der Waals surface area (Å²) in [7, 11) is 0.178. The van der Waals surface area contributed by atoms with Gasteiger partial charge in [-0.2, -0.15) is 5.10 Å². The Morgan fingerprint density at radius 3 is 2.84 bits per heavy atom. The van der Waals surface area contributed by atoms with Crippen molar-refractivity contribution < 1.29 is 19.2 Å². The molecule has 0 aliphatic heterocycles. The monoisotopic (exact) mass is 264 g/mol. The third-order valence-electron chi connectivity index (χ3n) is 2.66. The SMILES string of the molecule is Cn1cc(CCOc2cc(B(O)O)ccc2F)cn1. The van der Waals surface area contributed by atoms with Crippen molar-refractivity contribution in [2.45, 2.75) is 6.42 Å². The van der Waals surface area contributed by atoms with Gasteiger partial charge in [0.25, 0.3) is 0 Å². The molecule has 0 bridgehead atoms. The number of rotatable bonds is 5. The van der Waals surface area contributed by atoms with Crippen molar-refractivity contribution in [3.05, 3.63) is 42.0 Å². The summed E-state index contributed by atoms with van der Waals surface area (Å²) in [6, 6.07) is 3.73. The summed E-state index contributed by atoms with van der Waals surface area (Å²) in [6.45, 7) is 0.285. The second-order valence-electron chi connectivity index (χ2n) is 4.18. The summed E-state index contributed by atoms with van der Waals surface area (Å²) in [6.07, 6.45) is 4.17. The molecule has 0 aliphatic rings. The van der Waals surface area contributed by atoms with E-state index in [-0.39, 0.29) is 17.8 Å². The van der Waals surface area contributed by atoms with E-state index in [4.69, 9.17) is 14.8 Å². The normalized spacial score (nSPS) is 10.5. The lowest BCUT2D eigenvalue weighted by atomic mass is 9.80. The molecule has 1 heterocycles. The maximum atomic E-state index is 13.5. The predicted molar refractivity (Wildman–Crippen MR) is 68.6 cm³/mol. The highest BCUT2D eigenvalue weighted by Crippen LogP contribution is 2.15. The molecule has 0 fully saturated rings. The number of benzene rings is 1. The first kappa shape index (κ1) is 13.6. The highest BCUT2D eigenvalue weighted by atomic mass is 19.1. The van der Waals surface area contributed by atoms with Crippen molar-refractivity contribution in [1.29, 1.82) is 0 Å². The van der Waals surface area contributed by atoms with Gasteiger partial charge in [-0.1, -0.05) is 6.07 Å². The molecule has 100 valence electrons. The zero-order valence-electron chi connectivity index (χ0n) is 10.5. The quantitative estimate of drug-likeness (QED) is 0.738. The van der Waals surface area contributed by atoms with Gasteiger partial charge in [0, 0.05) is 19.7 Å². The van der Waals surface area contributed by atoms with E-state index in [1.54, 1.807) is 10.9 Å². The molecule has 0 saturated heterocycles. The topological polar surface area (TPSA) is 67.5 Å². The molecule has 2 N–H and O–H groups in total. The molecular formula is C12H14BFN2O3. The van der Waals surface area contributed by atoms with Crippen molar-refractivity contribution in [2.24, 2.45) is 7.05 Å². The molecule has 0 atom stereocenters. The minimum atomic E-state index is -1.64. The van der Waals surface area contributed by atoms with E-state index in [1.165, 1.54) is 12.1 Å². The Hall–Kier alpha value is -1.86. The highest BCUT2D eigenvalue weighted by Gasteiger charge is 2.14. The summed E-state index contributed by atoms with van der Waals surface area (Å²) in [5, 5.41) is 22.0. The zero-order valence-corrected chi connectivity index (χ0v) is 10.5. The van der Waals surface area contributed by atoms with Gasteiger partial charge >= 0.3 is 7.12 Å². The van der Waals surface area contributed by atoms with Crippen molar-refractivity contribution in [3.8, 4) is 5.75 Å². The van der Waals surface area contributed by atoms with E-state index in [0.29, 0.717) is 6.42 Å². The highest BCUT2D eigenvalue weighted by molar-refractivity contribution is 6.58. The van der Waals surface area contributed by atoms with Crippen molar-refractivity contribution >= 4 is 12.6 Å². The number of ether oxygens (including phenoxy) is 1. The molecule has 1 aromatic carbocycles. The zero-order chi connectivity index (χ0) is 13.8. The molecule has 2 aromatic rings. The van der Waals surface area contributed by atoms with E-state index >= 15 is 0 Å². The van der Waals surface area contributed by atoms with Gasteiger partial charge in [0.15, 0.2) is 11.6 Å². The van der Waals surface area contributed by atoms with Gasteiger partial charge in [-0.15, -0.1) is 0 Å².